The molecule has 0 aliphatic rings. The van der Waals surface area contributed by atoms with Crippen LogP contribution in [0.4, 0.5) is 4.39 Å². The Bertz CT molecular complexity index is 65.5. The third kappa shape index (κ3) is 4.36. The Labute approximate surface area is 55.0 Å². The molecule has 56 valence electrons. The molecule has 0 rings (SSSR count). The molecule has 0 N–H and O–H groups in total. The van der Waals surface area contributed by atoms with Crippen LogP contribution in [0.5, 0.6) is 0 Å². The topological polar surface area (TPSA) is 18.5 Å². The zero-order valence-electron chi connectivity index (χ0n) is 6.11. The van der Waals surface area contributed by atoms with Crippen LogP contribution in [0, 0.1) is 0 Å². The molecule has 3 heteroatoms. The Hall–Kier alpha value is -0.150. The van der Waals surface area contributed by atoms with Crippen LogP contribution in [0.3, 0.4) is 0 Å². The second-order valence-corrected chi connectivity index (χ2v) is 1.70. The number of ether oxygens (including phenoxy) is 2. The molecule has 0 saturated heterocycles. The van der Waals surface area contributed by atoms with Gasteiger partial charge in [-0.3, -0.25) is 0 Å². The average molecular weight is 136 g/mol. The first-order chi connectivity index (χ1) is 4.12. The maximum atomic E-state index is 12.6. The van der Waals surface area contributed by atoms with E-state index in [0.717, 1.165) is 0 Å². The number of alkyl halides is 1. The van der Waals surface area contributed by atoms with E-state index in [1.54, 1.807) is 13.8 Å². The van der Waals surface area contributed by atoms with Gasteiger partial charge in [0.1, 0.15) is 0 Å². The SMILES string of the molecule is CCOC(C)(F)OCC. The third-order valence-electron chi connectivity index (χ3n) is 0.804. The lowest BCUT2D eigenvalue weighted by Crippen LogP contribution is -2.26. The molecule has 0 aromatic rings. The minimum atomic E-state index is -1.90. The molecule has 0 bridgehead atoms. The van der Waals surface area contributed by atoms with Crippen molar-refractivity contribution in [3.8, 4) is 0 Å². The molecule has 0 aliphatic carbocycles. The van der Waals surface area contributed by atoms with E-state index in [0.29, 0.717) is 13.2 Å². The van der Waals surface area contributed by atoms with Gasteiger partial charge in [0.25, 0.3) is 0 Å². The van der Waals surface area contributed by atoms with Crippen molar-refractivity contribution in [2.45, 2.75) is 26.8 Å². The molecule has 0 amide bonds. The molecule has 0 aromatic carbocycles. The lowest BCUT2D eigenvalue weighted by molar-refractivity contribution is -0.300. The third-order valence-corrected chi connectivity index (χ3v) is 0.804. The highest BCUT2D eigenvalue weighted by Crippen LogP contribution is 2.12. The van der Waals surface area contributed by atoms with Crippen molar-refractivity contribution >= 4 is 0 Å². The van der Waals surface area contributed by atoms with E-state index in [4.69, 9.17) is 0 Å². The van der Waals surface area contributed by atoms with Crippen LogP contribution in [0.25, 0.3) is 0 Å². The highest BCUT2D eigenvalue weighted by molar-refractivity contribution is 4.40. The van der Waals surface area contributed by atoms with Gasteiger partial charge in [-0.05, 0) is 13.8 Å². The number of hydrogen-bond acceptors (Lipinski definition) is 2. The van der Waals surface area contributed by atoms with E-state index in [1.807, 2.05) is 0 Å². The van der Waals surface area contributed by atoms with Crippen LogP contribution in [0.2, 0.25) is 0 Å². The quantitative estimate of drug-likeness (QED) is 0.548. The highest BCUT2D eigenvalue weighted by Gasteiger charge is 2.22. The molecule has 2 nitrogen and oxygen atoms in total. The van der Waals surface area contributed by atoms with Crippen LogP contribution >= 0.6 is 0 Å². The predicted molar refractivity (Wildman–Crippen MR) is 32.8 cm³/mol. The summed E-state index contributed by atoms with van der Waals surface area (Å²) in [5.41, 5.74) is 0. The summed E-state index contributed by atoms with van der Waals surface area (Å²) in [7, 11) is 0. The second-order valence-electron chi connectivity index (χ2n) is 1.70. The summed E-state index contributed by atoms with van der Waals surface area (Å²) in [6.45, 7) is 5.34. The number of rotatable bonds is 4. The number of halogens is 1. The highest BCUT2D eigenvalue weighted by atomic mass is 19.2. The average Bonchev–Trinajstić information content (AvgIpc) is 1.64. The molecule has 0 radical (unpaired) electrons. The second kappa shape index (κ2) is 3.80. The Balaban J connectivity index is 3.43. The van der Waals surface area contributed by atoms with Crippen LogP contribution in [-0.2, 0) is 9.47 Å². The van der Waals surface area contributed by atoms with Gasteiger partial charge in [-0.2, -0.15) is 4.39 Å². The first-order valence-electron chi connectivity index (χ1n) is 3.09. The van der Waals surface area contributed by atoms with E-state index in [1.165, 1.54) is 6.92 Å². The molecule has 0 saturated carbocycles. The summed E-state index contributed by atoms with van der Waals surface area (Å²) in [5.74, 6) is 0. The summed E-state index contributed by atoms with van der Waals surface area (Å²) in [6, 6.07) is -1.90. The van der Waals surface area contributed by atoms with E-state index in [2.05, 4.69) is 9.47 Å². The smallest absolute Gasteiger partial charge is 0.317 e. The standard InChI is InChI=1S/C6H13FO2/c1-4-8-6(3,7)9-5-2/h4-5H2,1-3H3. The molecule has 0 unspecified atom stereocenters. The Morgan fingerprint density at radius 3 is 1.78 bits per heavy atom. The lowest BCUT2D eigenvalue weighted by Gasteiger charge is -2.18. The molecule has 0 aromatic heterocycles. The minimum absolute atomic E-state index is 0.326. The van der Waals surface area contributed by atoms with Gasteiger partial charge in [0, 0.05) is 20.1 Å². The molecule has 0 fully saturated rings. The van der Waals surface area contributed by atoms with Gasteiger partial charge in [0.15, 0.2) is 0 Å². The summed E-state index contributed by atoms with van der Waals surface area (Å²) in [4.78, 5) is 0. The van der Waals surface area contributed by atoms with Gasteiger partial charge in [-0.1, -0.05) is 0 Å². The van der Waals surface area contributed by atoms with Crippen LogP contribution < -0.4 is 0 Å². The Kier molecular flexibility index (Phi) is 3.73. The van der Waals surface area contributed by atoms with E-state index < -0.39 is 6.04 Å². The zero-order chi connectivity index (χ0) is 7.33. The predicted octanol–water partition coefficient (Wildman–Crippen LogP) is 1.70. The van der Waals surface area contributed by atoms with Gasteiger partial charge in [-0.25, -0.2) is 0 Å². The Morgan fingerprint density at radius 2 is 1.56 bits per heavy atom. The summed E-state index contributed by atoms with van der Waals surface area (Å²) in [6.07, 6.45) is 0. The fraction of sp³-hybridized carbons (Fsp3) is 1.00. The lowest BCUT2D eigenvalue weighted by atomic mass is 10.6. The zero-order valence-corrected chi connectivity index (χ0v) is 6.11. The van der Waals surface area contributed by atoms with Crippen molar-refractivity contribution in [2.75, 3.05) is 13.2 Å². The van der Waals surface area contributed by atoms with Gasteiger partial charge in [-0.15, -0.1) is 0 Å². The largest absolute Gasteiger partial charge is 0.324 e. The van der Waals surface area contributed by atoms with E-state index in [-0.39, 0.29) is 0 Å². The van der Waals surface area contributed by atoms with Crippen molar-refractivity contribution in [2.24, 2.45) is 0 Å². The van der Waals surface area contributed by atoms with E-state index >= 15 is 0 Å². The summed E-state index contributed by atoms with van der Waals surface area (Å²) in [5, 5.41) is 0. The van der Waals surface area contributed by atoms with Gasteiger partial charge < -0.3 is 9.47 Å². The van der Waals surface area contributed by atoms with Crippen molar-refractivity contribution in [1.29, 1.82) is 0 Å². The van der Waals surface area contributed by atoms with Crippen LogP contribution in [0.15, 0.2) is 0 Å². The van der Waals surface area contributed by atoms with Crippen LogP contribution in [0.1, 0.15) is 20.8 Å². The van der Waals surface area contributed by atoms with Crippen molar-refractivity contribution in [3.63, 3.8) is 0 Å². The molecular formula is C6H13FO2. The maximum Gasteiger partial charge on any atom is 0.317 e. The monoisotopic (exact) mass is 136 g/mol. The minimum Gasteiger partial charge on any atom is -0.324 e. The van der Waals surface area contributed by atoms with Gasteiger partial charge in [0.2, 0.25) is 0 Å². The van der Waals surface area contributed by atoms with Crippen molar-refractivity contribution < 1.29 is 13.9 Å². The molecule has 0 aliphatic heterocycles. The first-order valence-corrected chi connectivity index (χ1v) is 3.09. The first kappa shape index (κ1) is 8.85. The molecule has 0 heterocycles. The van der Waals surface area contributed by atoms with Crippen LogP contribution in [-0.4, -0.2) is 19.3 Å². The normalized spacial score (nSPS) is 12.0. The maximum absolute atomic E-state index is 12.6. The summed E-state index contributed by atoms with van der Waals surface area (Å²) < 4.78 is 21.8. The fourth-order valence-electron chi connectivity index (χ4n) is 0.557. The molecule has 0 spiro atoms. The molecule has 0 atom stereocenters. The van der Waals surface area contributed by atoms with Crippen molar-refractivity contribution in [3.05, 3.63) is 0 Å². The van der Waals surface area contributed by atoms with Gasteiger partial charge in [0.05, 0.1) is 0 Å². The van der Waals surface area contributed by atoms with Crippen molar-refractivity contribution in [1.82, 2.24) is 0 Å². The fourth-order valence-corrected chi connectivity index (χ4v) is 0.557. The number of hydrogen-bond donors (Lipinski definition) is 0. The molecular weight excluding hydrogens is 123 g/mol. The summed E-state index contributed by atoms with van der Waals surface area (Å²) >= 11 is 0. The van der Waals surface area contributed by atoms with E-state index in [9.17, 15) is 4.39 Å². The molecule has 9 heavy (non-hydrogen) atoms. The Morgan fingerprint density at radius 1 is 1.22 bits per heavy atom. The van der Waals surface area contributed by atoms with Gasteiger partial charge >= 0.3 is 6.04 Å².